The van der Waals surface area contributed by atoms with Gasteiger partial charge in [0.05, 0.1) is 5.02 Å². The average Bonchev–Trinajstić information content (AvgIpc) is 2.67. The van der Waals surface area contributed by atoms with Gasteiger partial charge in [0.15, 0.2) is 0 Å². The minimum Gasteiger partial charge on any atom is -0.433 e. The van der Waals surface area contributed by atoms with Crippen LogP contribution in [0.15, 0.2) is 18.2 Å². The van der Waals surface area contributed by atoms with Crippen LogP contribution in [0.1, 0.15) is 26.2 Å². The number of rotatable bonds is 5. The monoisotopic (exact) mass is 318 g/mol. The number of alkyl halides is 2. The highest BCUT2D eigenvalue weighted by Gasteiger charge is 2.16. The van der Waals surface area contributed by atoms with Crippen LogP contribution < -0.4 is 10.1 Å². The van der Waals surface area contributed by atoms with Crippen LogP contribution in [0.3, 0.4) is 0 Å². The van der Waals surface area contributed by atoms with Gasteiger partial charge in [-0.3, -0.25) is 0 Å². The van der Waals surface area contributed by atoms with Crippen molar-refractivity contribution < 1.29 is 13.5 Å². The van der Waals surface area contributed by atoms with Gasteiger partial charge in [-0.25, -0.2) is 0 Å². The summed E-state index contributed by atoms with van der Waals surface area (Å²) in [4.78, 5) is 2.44. The summed E-state index contributed by atoms with van der Waals surface area (Å²) in [5.41, 5.74) is 0.844. The molecule has 1 aliphatic heterocycles. The molecule has 0 bridgehead atoms. The van der Waals surface area contributed by atoms with Gasteiger partial charge in [-0.15, -0.1) is 0 Å². The van der Waals surface area contributed by atoms with Crippen LogP contribution in [-0.2, 0) is 0 Å². The fourth-order valence-electron chi connectivity index (χ4n) is 2.63. The van der Waals surface area contributed by atoms with E-state index >= 15 is 0 Å². The highest BCUT2D eigenvalue weighted by atomic mass is 35.5. The van der Waals surface area contributed by atoms with E-state index in [1.165, 1.54) is 6.07 Å². The smallest absolute Gasteiger partial charge is 0.387 e. The Morgan fingerprint density at radius 3 is 2.86 bits per heavy atom. The zero-order chi connectivity index (χ0) is 15.2. The molecule has 0 aliphatic carbocycles. The SMILES string of the molecule is CCN1CCCC(Nc2ccc(OC(F)F)c(Cl)c2)CC1. The van der Waals surface area contributed by atoms with Crippen LogP contribution >= 0.6 is 11.6 Å². The zero-order valence-corrected chi connectivity index (χ0v) is 12.9. The second-order valence-electron chi connectivity index (χ2n) is 5.23. The third-order valence-electron chi connectivity index (χ3n) is 3.79. The molecule has 3 nitrogen and oxygen atoms in total. The Morgan fingerprint density at radius 1 is 1.38 bits per heavy atom. The summed E-state index contributed by atoms with van der Waals surface area (Å²) in [5.74, 6) is 0.00948. The summed E-state index contributed by atoms with van der Waals surface area (Å²) in [6, 6.07) is 5.24. The van der Waals surface area contributed by atoms with E-state index in [0.29, 0.717) is 6.04 Å². The van der Waals surface area contributed by atoms with Crippen molar-refractivity contribution in [1.29, 1.82) is 0 Å². The van der Waals surface area contributed by atoms with Crippen molar-refractivity contribution in [2.24, 2.45) is 0 Å². The molecule has 1 heterocycles. The maximum Gasteiger partial charge on any atom is 0.387 e. The van der Waals surface area contributed by atoms with Gasteiger partial charge in [-0.1, -0.05) is 18.5 Å². The molecule has 21 heavy (non-hydrogen) atoms. The van der Waals surface area contributed by atoms with E-state index in [1.54, 1.807) is 12.1 Å². The summed E-state index contributed by atoms with van der Waals surface area (Å²) >= 11 is 5.96. The van der Waals surface area contributed by atoms with Gasteiger partial charge in [0.25, 0.3) is 0 Å². The average molecular weight is 319 g/mol. The van der Waals surface area contributed by atoms with Gasteiger partial charge >= 0.3 is 6.61 Å². The molecule has 1 aromatic rings. The minimum atomic E-state index is -2.86. The van der Waals surface area contributed by atoms with Gasteiger partial charge in [0, 0.05) is 18.3 Å². The Balaban J connectivity index is 1.95. The summed E-state index contributed by atoms with van der Waals surface area (Å²) in [6.45, 7) is 2.61. The first-order chi connectivity index (χ1) is 10.1. The van der Waals surface area contributed by atoms with Gasteiger partial charge < -0.3 is 15.0 Å². The first-order valence-electron chi connectivity index (χ1n) is 7.31. The number of benzene rings is 1. The molecule has 0 aromatic heterocycles. The van der Waals surface area contributed by atoms with E-state index < -0.39 is 6.61 Å². The number of ether oxygens (including phenoxy) is 1. The van der Waals surface area contributed by atoms with Gasteiger partial charge in [-0.05, 0) is 50.6 Å². The molecule has 1 N–H and O–H groups in total. The second kappa shape index (κ2) is 7.80. The predicted octanol–water partition coefficient (Wildman–Crippen LogP) is 4.23. The van der Waals surface area contributed by atoms with E-state index in [-0.39, 0.29) is 10.8 Å². The number of hydrogen-bond acceptors (Lipinski definition) is 3. The highest BCUT2D eigenvalue weighted by molar-refractivity contribution is 6.32. The van der Waals surface area contributed by atoms with Crippen molar-refractivity contribution in [2.75, 3.05) is 25.0 Å². The van der Waals surface area contributed by atoms with Crippen molar-refractivity contribution in [1.82, 2.24) is 4.90 Å². The second-order valence-corrected chi connectivity index (χ2v) is 5.64. The van der Waals surface area contributed by atoms with Crippen LogP contribution in [0.5, 0.6) is 5.75 Å². The Hall–Kier alpha value is -1.07. The highest BCUT2D eigenvalue weighted by Crippen LogP contribution is 2.29. The number of nitrogens with zero attached hydrogens (tertiary/aromatic N) is 1. The maximum atomic E-state index is 12.2. The van der Waals surface area contributed by atoms with Crippen molar-refractivity contribution in [3.63, 3.8) is 0 Å². The Bertz CT molecular complexity index is 459. The molecule has 1 unspecified atom stereocenters. The van der Waals surface area contributed by atoms with E-state index in [9.17, 15) is 8.78 Å². The van der Waals surface area contributed by atoms with Crippen molar-refractivity contribution >= 4 is 17.3 Å². The predicted molar refractivity (Wildman–Crippen MR) is 81.5 cm³/mol. The summed E-state index contributed by atoms with van der Waals surface area (Å²) in [6.07, 6.45) is 3.33. The number of likely N-dealkylation sites (tertiary alicyclic amines) is 1. The van der Waals surface area contributed by atoms with Crippen molar-refractivity contribution in [3.8, 4) is 5.75 Å². The molecule has 0 spiro atoms. The van der Waals surface area contributed by atoms with Crippen LogP contribution in [0, 0.1) is 0 Å². The van der Waals surface area contributed by atoms with E-state index in [0.717, 1.165) is 44.6 Å². The molecule has 0 saturated carbocycles. The molecule has 2 rings (SSSR count). The first-order valence-corrected chi connectivity index (χ1v) is 7.69. The van der Waals surface area contributed by atoms with E-state index in [1.807, 2.05) is 0 Å². The standard InChI is InChI=1S/C15H21ClF2N2O/c1-2-20-8-3-4-11(7-9-20)19-12-5-6-14(13(16)10-12)21-15(17)18/h5-6,10-11,15,19H,2-4,7-9H2,1H3. The van der Waals surface area contributed by atoms with Crippen molar-refractivity contribution in [2.45, 2.75) is 38.8 Å². The molecular weight excluding hydrogens is 298 g/mol. The van der Waals surface area contributed by atoms with Gasteiger partial charge in [-0.2, -0.15) is 8.78 Å². The molecule has 0 radical (unpaired) electrons. The zero-order valence-electron chi connectivity index (χ0n) is 12.1. The molecule has 1 aliphatic rings. The Labute approximate surface area is 129 Å². The number of nitrogens with one attached hydrogen (secondary N) is 1. The van der Waals surface area contributed by atoms with Gasteiger partial charge in [0.2, 0.25) is 0 Å². The van der Waals surface area contributed by atoms with E-state index in [4.69, 9.17) is 11.6 Å². The Kier molecular flexibility index (Phi) is 6.06. The van der Waals surface area contributed by atoms with Crippen molar-refractivity contribution in [3.05, 3.63) is 23.2 Å². The quantitative estimate of drug-likeness (QED) is 0.879. The van der Waals surface area contributed by atoms with E-state index in [2.05, 4.69) is 21.9 Å². The molecule has 118 valence electrons. The maximum absolute atomic E-state index is 12.2. The lowest BCUT2D eigenvalue weighted by Gasteiger charge is -2.19. The summed E-state index contributed by atoms with van der Waals surface area (Å²) < 4.78 is 28.7. The van der Waals surface area contributed by atoms with Crippen LogP contribution in [0.2, 0.25) is 5.02 Å². The lowest BCUT2D eigenvalue weighted by atomic mass is 10.1. The normalized spacial score (nSPS) is 20.3. The lowest BCUT2D eigenvalue weighted by Crippen LogP contribution is -2.26. The Morgan fingerprint density at radius 2 is 2.19 bits per heavy atom. The van der Waals surface area contributed by atoms with Crippen LogP contribution in [-0.4, -0.2) is 37.2 Å². The third kappa shape index (κ3) is 5.00. The molecule has 6 heteroatoms. The molecule has 1 atom stereocenters. The fourth-order valence-corrected chi connectivity index (χ4v) is 2.86. The third-order valence-corrected chi connectivity index (χ3v) is 4.08. The van der Waals surface area contributed by atoms with Crippen LogP contribution in [0.4, 0.5) is 14.5 Å². The fraction of sp³-hybridized carbons (Fsp3) is 0.600. The van der Waals surface area contributed by atoms with Gasteiger partial charge in [0.1, 0.15) is 5.75 Å². The number of anilines is 1. The lowest BCUT2D eigenvalue weighted by molar-refractivity contribution is -0.0497. The molecule has 1 saturated heterocycles. The molecule has 1 aromatic carbocycles. The minimum absolute atomic E-state index is 0.00948. The largest absolute Gasteiger partial charge is 0.433 e. The molecule has 0 amide bonds. The first kappa shape index (κ1) is 16.3. The van der Waals surface area contributed by atoms with Crippen LogP contribution in [0.25, 0.3) is 0 Å². The number of hydrogen-bond donors (Lipinski definition) is 1. The molecular formula is C15H21ClF2N2O. The molecule has 1 fully saturated rings. The summed E-state index contributed by atoms with van der Waals surface area (Å²) in [7, 11) is 0. The number of halogens is 3. The summed E-state index contributed by atoms with van der Waals surface area (Å²) in [5, 5.41) is 3.63. The topological polar surface area (TPSA) is 24.5 Å².